The molecule has 3 rings (SSSR count). The smallest absolute Gasteiger partial charge is 0.251 e. The van der Waals surface area contributed by atoms with Crippen LogP contribution in [0.1, 0.15) is 24.2 Å². The van der Waals surface area contributed by atoms with Crippen LogP contribution >= 0.6 is 0 Å². The van der Waals surface area contributed by atoms with Crippen molar-refractivity contribution in [3.8, 4) is 0 Å². The highest BCUT2D eigenvalue weighted by Crippen LogP contribution is 2.23. The molecule has 2 saturated heterocycles. The number of carbonyl (C=O) groups is 1. The third-order valence-electron chi connectivity index (χ3n) is 4.41. The van der Waals surface area contributed by atoms with Crippen LogP contribution in [0.2, 0.25) is 0 Å². The molecule has 1 atom stereocenters. The van der Waals surface area contributed by atoms with Crippen LogP contribution in [-0.4, -0.2) is 72.6 Å². The van der Waals surface area contributed by atoms with Crippen molar-refractivity contribution >= 4 is 15.9 Å². The van der Waals surface area contributed by atoms with E-state index in [4.69, 9.17) is 4.74 Å². The number of amides is 1. The molecule has 3 heterocycles. The molecule has 0 radical (unpaired) electrons. The van der Waals surface area contributed by atoms with Crippen molar-refractivity contribution in [2.45, 2.75) is 37.7 Å². The van der Waals surface area contributed by atoms with E-state index >= 15 is 0 Å². The second-order valence-electron chi connectivity index (χ2n) is 5.99. The maximum Gasteiger partial charge on any atom is 0.251 e. The zero-order valence-corrected chi connectivity index (χ0v) is 14.2. The number of hydrogen-bond donors (Lipinski definition) is 1. The lowest BCUT2D eigenvalue weighted by molar-refractivity contribution is -0.142. The topological polar surface area (TPSA) is 95.6 Å². The Labute approximate surface area is 135 Å². The van der Waals surface area contributed by atoms with Crippen molar-refractivity contribution in [2.75, 3.05) is 32.8 Å². The molecule has 2 aliphatic rings. The fourth-order valence-corrected chi connectivity index (χ4v) is 4.93. The zero-order valence-electron chi connectivity index (χ0n) is 13.4. The first kappa shape index (κ1) is 16.4. The number of sulfonamides is 1. The lowest BCUT2D eigenvalue weighted by Gasteiger charge is -2.35. The van der Waals surface area contributed by atoms with Gasteiger partial charge in [-0.3, -0.25) is 9.89 Å². The highest BCUT2D eigenvalue weighted by molar-refractivity contribution is 7.89. The molecule has 2 aliphatic heterocycles. The summed E-state index contributed by atoms with van der Waals surface area (Å²) >= 11 is 0. The third kappa shape index (κ3) is 3.00. The number of aromatic nitrogens is 2. The summed E-state index contributed by atoms with van der Waals surface area (Å²) in [4.78, 5) is 14.3. The fourth-order valence-electron chi connectivity index (χ4n) is 3.17. The number of ether oxygens (including phenoxy) is 1. The van der Waals surface area contributed by atoms with Gasteiger partial charge in [-0.25, -0.2) is 8.42 Å². The van der Waals surface area contributed by atoms with Crippen molar-refractivity contribution < 1.29 is 17.9 Å². The van der Waals surface area contributed by atoms with Crippen LogP contribution in [0.4, 0.5) is 0 Å². The van der Waals surface area contributed by atoms with E-state index < -0.39 is 10.0 Å². The van der Waals surface area contributed by atoms with Gasteiger partial charge in [-0.15, -0.1) is 0 Å². The van der Waals surface area contributed by atoms with E-state index in [1.165, 1.54) is 4.31 Å². The van der Waals surface area contributed by atoms with E-state index in [1.807, 2.05) is 0 Å². The summed E-state index contributed by atoms with van der Waals surface area (Å²) in [6.45, 7) is 5.39. The molecule has 1 aromatic heterocycles. The van der Waals surface area contributed by atoms with Crippen LogP contribution in [-0.2, 0) is 19.6 Å². The third-order valence-corrected chi connectivity index (χ3v) is 6.58. The van der Waals surface area contributed by atoms with E-state index in [-0.39, 0.29) is 16.9 Å². The number of nitrogens with one attached hydrogen (secondary N) is 1. The van der Waals surface area contributed by atoms with Crippen LogP contribution in [0.25, 0.3) is 0 Å². The molecule has 0 spiro atoms. The summed E-state index contributed by atoms with van der Waals surface area (Å²) in [5.74, 6) is -0.0183. The molecular weight excluding hydrogens is 320 g/mol. The SMILES string of the molecule is Cc1n[nH]c(C)c1S(=O)(=O)N1CCN(C(=O)C2CCCO2)CC1. The van der Waals surface area contributed by atoms with E-state index in [1.54, 1.807) is 18.7 Å². The van der Waals surface area contributed by atoms with Crippen molar-refractivity contribution in [2.24, 2.45) is 0 Å². The number of carbonyl (C=O) groups excluding carboxylic acids is 1. The normalized spacial score (nSPS) is 23.4. The molecular formula is C14H22N4O4S. The minimum atomic E-state index is -3.58. The fraction of sp³-hybridized carbons (Fsp3) is 0.714. The van der Waals surface area contributed by atoms with Gasteiger partial charge < -0.3 is 9.64 Å². The molecule has 0 bridgehead atoms. The van der Waals surface area contributed by atoms with Gasteiger partial charge in [-0.05, 0) is 26.7 Å². The summed E-state index contributed by atoms with van der Waals surface area (Å²) in [7, 11) is -3.58. The summed E-state index contributed by atoms with van der Waals surface area (Å²) < 4.78 is 32.4. The monoisotopic (exact) mass is 342 g/mol. The van der Waals surface area contributed by atoms with Crippen molar-refractivity contribution in [1.82, 2.24) is 19.4 Å². The molecule has 1 unspecified atom stereocenters. The molecule has 8 nitrogen and oxygen atoms in total. The standard InChI is InChI=1S/C14H22N4O4S/c1-10-13(11(2)16-15-10)23(20,21)18-7-5-17(6-8-18)14(19)12-4-3-9-22-12/h12H,3-9H2,1-2H3,(H,15,16). The van der Waals surface area contributed by atoms with Crippen LogP contribution in [0.3, 0.4) is 0 Å². The number of rotatable bonds is 3. The van der Waals surface area contributed by atoms with Gasteiger partial charge in [0.05, 0.1) is 11.4 Å². The molecule has 1 N–H and O–H groups in total. The number of piperazine rings is 1. The van der Waals surface area contributed by atoms with Gasteiger partial charge in [0.25, 0.3) is 5.91 Å². The molecule has 2 fully saturated rings. The number of nitrogens with zero attached hydrogens (tertiary/aromatic N) is 3. The molecule has 128 valence electrons. The lowest BCUT2D eigenvalue weighted by Crippen LogP contribution is -2.52. The summed E-state index contributed by atoms with van der Waals surface area (Å²) in [5.41, 5.74) is 1.01. The maximum absolute atomic E-state index is 12.8. The van der Waals surface area contributed by atoms with Crippen molar-refractivity contribution in [3.63, 3.8) is 0 Å². The first-order valence-corrected chi connectivity index (χ1v) is 9.27. The Hall–Kier alpha value is -1.45. The molecule has 23 heavy (non-hydrogen) atoms. The predicted molar refractivity (Wildman–Crippen MR) is 82.4 cm³/mol. The van der Waals surface area contributed by atoms with Gasteiger partial charge in [-0.2, -0.15) is 9.40 Å². The van der Waals surface area contributed by atoms with Gasteiger partial charge in [-0.1, -0.05) is 0 Å². The predicted octanol–water partition coefficient (Wildman–Crippen LogP) is 0.0384. The average Bonchev–Trinajstić information content (AvgIpc) is 3.17. The summed E-state index contributed by atoms with van der Waals surface area (Å²) in [6.07, 6.45) is 1.31. The lowest BCUT2D eigenvalue weighted by atomic mass is 10.2. The van der Waals surface area contributed by atoms with Crippen LogP contribution < -0.4 is 0 Å². The molecule has 1 amide bonds. The minimum absolute atomic E-state index is 0.0183. The second kappa shape index (κ2) is 6.21. The Morgan fingerprint density at radius 3 is 2.48 bits per heavy atom. The Bertz CT molecular complexity index is 666. The number of hydrogen-bond acceptors (Lipinski definition) is 5. The van der Waals surface area contributed by atoms with Crippen LogP contribution in [0.5, 0.6) is 0 Å². The van der Waals surface area contributed by atoms with Gasteiger partial charge in [0.15, 0.2) is 0 Å². The summed E-state index contributed by atoms with van der Waals surface area (Å²) in [6, 6.07) is 0. The van der Waals surface area contributed by atoms with E-state index in [0.717, 1.165) is 12.8 Å². The summed E-state index contributed by atoms with van der Waals surface area (Å²) in [5, 5.41) is 6.67. The number of H-pyrrole nitrogens is 1. The molecule has 9 heteroatoms. The first-order chi connectivity index (χ1) is 10.9. The minimum Gasteiger partial charge on any atom is -0.368 e. The van der Waals surface area contributed by atoms with E-state index in [9.17, 15) is 13.2 Å². The van der Waals surface area contributed by atoms with Crippen molar-refractivity contribution in [1.29, 1.82) is 0 Å². The van der Waals surface area contributed by atoms with Gasteiger partial charge >= 0.3 is 0 Å². The Morgan fingerprint density at radius 1 is 1.26 bits per heavy atom. The van der Waals surface area contributed by atoms with E-state index in [0.29, 0.717) is 44.2 Å². The maximum atomic E-state index is 12.8. The van der Waals surface area contributed by atoms with Gasteiger partial charge in [0.1, 0.15) is 11.0 Å². The molecule has 0 saturated carbocycles. The van der Waals surface area contributed by atoms with Crippen molar-refractivity contribution in [3.05, 3.63) is 11.4 Å². The average molecular weight is 342 g/mol. The number of aryl methyl sites for hydroxylation is 2. The zero-order chi connectivity index (χ0) is 16.6. The van der Waals surface area contributed by atoms with Gasteiger partial charge in [0, 0.05) is 32.8 Å². The van der Waals surface area contributed by atoms with Gasteiger partial charge in [0.2, 0.25) is 10.0 Å². The highest BCUT2D eigenvalue weighted by Gasteiger charge is 2.35. The van der Waals surface area contributed by atoms with E-state index in [2.05, 4.69) is 10.2 Å². The van der Waals surface area contributed by atoms with Crippen LogP contribution in [0.15, 0.2) is 4.90 Å². The second-order valence-corrected chi connectivity index (χ2v) is 7.87. The quantitative estimate of drug-likeness (QED) is 0.837. The Balaban J connectivity index is 1.68. The molecule has 0 aromatic carbocycles. The molecule has 1 aromatic rings. The number of aromatic amines is 1. The van der Waals surface area contributed by atoms with Crippen LogP contribution in [0, 0.1) is 13.8 Å². The largest absolute Gasteiger partial charge is 0.368 e. The highest BCUT2D eigenvalue weighted by atomic mass is 32.2. The molecule has 0 aliphatic carbocycles. The Morgan fingerprint density at radius 2 is 1.96 bits per heavy atom. The first-order valence-electron chi connectivity index (χ1n) is 7.83. The Kier molecular flexibility index (Phi) is 4.43.